The molecule has 0 aromatic heterocycles. The third-order valence-electron chi connectivity index (χ3n) is 3.39. The molecule has 4 N–H and O–H groups in total. The van der Waals surface area contributed by atoms with Crippen LogP contribution in [0.15, 0.2) is 12.1 Å². The molecule has 0 radical (unpaired) electrons. The lowest BCUT2D eigenvalue weighted by Crippen LogP contribution is -2.37. The number of rotatable bonds is 3. The Balaban J connectivity index is 2.38. The van der Waals surface area contributed by atoms with Crippen LogP contribution in [0.5, 0.6) is 0 Å². The summed E-state index contributed by atoms with van der Waals surface area (Å²) in [6.45, 7) is 0. The smallest absolute Gasteiger partial charge is 0.250 e. The first kappa shape index (κ1) is 11.7. The first-order valence-electron chi connectivity index (χ1n) is 5.62. The van der Waals surface area contributed by atoms with Crippen molar-refractivity contribution in [3.05, 3.63) is 23.5 Å². The van der Waals surface area contributed by atoms with Crippen molar-refractivity contribution in [2.45, 2.75) is 25.3 Å². The Morgan fingerprint density at radius 2 is 2.12 bits per heavy atom. The van der Waals surface area contributed by atoms with Gasteiger partial charge in [-0.2, -0.15) is 0 Å². The van der Waals surface area contributed by atoms with E-state index in [1.54, 1.807) is 0 Å². The molecule has 0 aliphatic heterocycles. The van der Waals surface area contributed by atoms with Crippen LogP contribution in [0.4, 0.5) is 15.8 Å². The predicted molar refractivity (Wildman–Crippen MR) is 65.4 cm³/mol. The number of amides is 1. The van der Waals surface area contributed by atoms with Crippen molar-refractivity contribution < 1.29 is 9.18 Å². The van der Waals surface area contributed by atoms with E-state index in [0.717, 1.165) is 25.3 Å². The van der Waals surface area contributed by atoms with Crippen molar-refractivity contribution in [3.8, 4) is 0 Å². The summed E-state index contributed by atoms with van der Waals surface area (Å²) in [5.41, 5.74) is 11.4. The molecule has 0 spiro atoms. The van der Waals surface area contributed by atoms with E-state index in [1.165, 1.54) is 6.07 Å². The van der Waals surface area contributed by atoms with Gasteiger partial charge in [0.1, 0.15) is 5.82 Å². The molecule has 1 aliphatic carbocycles. The fourth-order valence-electron chi connectivity index (χ4n) is 2.03. The van der Waals surface area contributed by atoms with Crippen LogP contribution in [0.25, 0.3) is 0 Å². The lowest BCUT2D eigenvalue weighted by atomic mass is 9.91. The standard InChI is InChI=1S/C12H16FN3O/c1-16(7-3-2-4-7)11-5-8(12(15)17)10(14)6-9(11)13/h5-7H,2-4,14H2,1H3,(H2,15,17). The number of carbonyl (C=O) groups excluding carboxylic acids is 1. The van der Waals surface area contributed by atoms with Gasteiger partial charge >= 0.3 is 0 Å². The highest BCUT2D eigenvalue weighted by Crippen LogP contribution is 2.31. The molecule has 2 rings (SSSR count). The van der Waals surface area contributed by atoms with Gasteiger partial charge < -0.3 is 16.4 Å². The van der Waals surface area contributed by atoms with Crippen molar-refractivity contribution in [1.82, 2.24) is 0 Å². The zero-order valence-corrected chi connectivity index (χ0v) is 9.74. The third-order valence-corrected chi connectivity index (χ3v) is 3.39. The van der Waals surface area contributed by atoms with Crippen LogP contribution in [0.3, 0.4) is 0 Å². The minimum atomic E-state index is -0.634. The molecule has 0 atom stereocenters. The Labute approximate surface area is 99.4 Å². The van der Waals surface area contributed by atoms with E-state index in [9.17, 15) is 9.18 Å². The summed E-state index contributed by atoms with van der Waals surface area (Å²) in [7, 11) is 1.82. The molecule has 1 amide bonds. The molecule has 1 aliphatic rings. The molecule has 1 aromatic rings. The molecule has 5 heteroatoms. The lowest BCUT2D eigenvalue weighted by Gasteiger charge is -2.36. The summed E-state index contributed by atoms with van der Waals surface area (Å²) >= 11 is 0. The fraction of sp³-hybridized carbons (Fsp3) is 0.417. The molecule has 17 heavy (non-hydrogen) atoms. The van der Waals surface area contributed by atoms with E-state index < -0.39 is 11.7 Å². The fourth-order valence-corrected chi connectivity index (χ4v) is 2.03. The Morgan fingerprint density at radius 1 is 1.47 bits per heavy atom. The van der Waals surface area contributed by atoms with Gasteiger partial charge in [0, 0.05) is 18.8 Å². The van der Waals surface area contributed by atoms with E-state index >= 15 is 0 Å². The van der Waals surface area contributed by atoms with Gasteiger partial charge in [-0.1, -0.05) is 0 Å². The van der Waals surface area contributed by atoms with Gasteiger partial charge in [0.05, 0.1) is 11.3 Å². The minimum absolute atomic E-state index is 0.0840. The van der Waals surface area contributed by atoms with Crippen LogP contribution < -0.4 is 16.4 Å². The second-order valence-electron chi connectivity index (χ2n) is 4.45. The maximum absolute atomic E-state index is 13.8. The van der Waals surface area contributed by atoms with Crippen molar-refractivity contribution in [3.63, 3.8) is 0 Å². The van der Waals surface area contributed by atoms with Crippen molar-refractivity contribution >= 4 is 17.3 Å². The van der Waals surface area contributed by atoms with Gasteiger partial charge in [-0.05, 0) is 31.4 Å². The normalized spacial score (nSPS) is 15.4. The Hall–Kier alpha value is -1.78. The van der Waals surface area contributed by atoms with Gasteiger partial charge in [0.25, 0.3) is 5.91 Å². The molecule has 1 aromatic carbocycles. The first-order chi connectivity index (χ1) is 8.00. The zero-order chi connectivity index (χ0) is 12.6. The molecule has 0 unspecified atom stereocenters. The second kappa shape index (κ2) is 4.24. The summed E-state index contributed by atoms with van der Waals surface area (Å²) in [4.78, 5) is 13.0. The topological polar surface area (TPSA) is 72.3 Å². The van der Waals surface area contributed by atoms with Gasteiger partial charge in [0.15, 0.2) is 0 Å². The monoisotopic (exact) mass is 237 g/mol. The number of nitrogen functional groups attached to an aromatic ring is 1. The number of halogens is 1. The van der Waals surface area contributed by atoms with Gasteiger partial charge in [-0.15, -0.1) is 0 Å². The van der Waals surface area contributed by atoms with E-state index in [0.29, 0.717) is 11.7 Å². The van der Waals surface area contributed by atoms with E-state index in [-0.39, 0.29) is 11.3 Å². The molecule has 92 valence electrons. The minimum Gasteiger partial charge on any atom is -0.398 e. The number of anilines is 2. The van der Waals surface area contributed by atoms with Crippen LogP contribution in [-0.4, -0.2) is 19.0 Å². The lowest BCUT2D eigenvalue weighted by molar-refractivity contribution is 0.100. The molecule has 4 nitrogen and oxygen atoms in total. The Bertz CT molecular complexity index is 457. The average molecular weight is 237 g/mol. The van der Waals surface area contributed by atoms with Crippen LogP contribution in [-0.2, 0) is 0 Å². The third kappa shape index (κ3) is 2.05. The van der Waals surface area contributed by atoms with Crippen LogP contribution >= 0.6 is 0 Å². The number of carbonyl (C=O) groups is 1. The molecule has 1 saturated carbocycles. The van der Waals surface area contributed by atoms with Crippen LogP contribution in [0.2, 0.25) is 0 Å². The SMILES string of the molecule is CN(c1cc(C(N)=O)c(N)cc1F)C1CCC1. The summed E-state index contributed by atoms with van der Waals surface area (Å²) in [5.74, 6) is -1.05. The maximum Gasteiger partial charge on any atom is 0.250 e. The Morgan fingerprint density at radius 3 is 2.59 bits per heavy atom. The second-order valence-corrected chi connectivity index (χ2v) is 4.45. The zero-order valence-electron chi connectivity index (χ0n) is 9.74. The Kier molecular flexibility index (Phi) is 2.92. The van der Waals surface area contributed by atoms with Crippen molar-refractivity contribution in [1.29, 1.82) is 0 Å². The summed E-state index contributed by atoms with van der Waals surface area (Å²) in [6, 6.07) is 2.93. The summed E-state index contributed by atoms with van der Waals surface area (Å²) in [6.07, 6.45) is 3.26. The van der Waals surface area contributed by atoms with E-state index in [2.05, 4.69) is 0 Å². The predicted octanol–water partition coefficient (Wildman–Crippen LogP) is 1.50. The summed E-state index contributed by atoms with van der Waals surface area (Å²) < 4.78 is 13.8. The molecule has 1 fully saturated rings. The number of nitrogens with two attached hydrogens (primary N) is 2. The highest BCUT2D eigenvalue weighted by molar-refractivity contribution is 5.99. The van der Waals surface area contributed by atoms with E-state index in [1.807, 2.05) is 11.9 Å². The maximum atomic E-state index is 13.8. The summed E-state index contributed by atoms with van der Waals surface area (Å²) in [5, 5.41) is 0. The molecule has 0 bridgehead atoms. The van der Waals surface area contributed by atoms with Crippen molar-refractivity contribution in [2.24, 2.45) is 5.73 Å². The average Bonchev–Trinajstić information content (AvgIpc) is 2.13. The molecular formula is C12H16FN3O. The number of hydrogen-bond donors (Lipinski definition) is 2. The molecule has 0 saturated heterocycles. The highest BCUT2D eigenvalue weighted by atomic mass is 19.1. The van der Waals surface area contributed by atoms with Gasteiger partial charge in [0.2, 0.25) is 0 Å². The number of benzene rings is 1. The molecule has 0 heterocycles. The number of primary amides is 1. The van der Waals surface area contributed by atoms with E-state index in [4.69, 9.17) is 11.5 Å². The van der Waals surface area contributed by atoms with Gasteiger partial charge in [-0.25, -0.2) is 4.39 Å². The van der Waals surface area contributed by atoms with Crippen LogP contribution in [0.1, 0.15) is 29.6 Å². The highest BCUT2D eigenvalue weighted by Gasteiger charge is 2.25. The van der Waals surface area contributed by atoms with Crippen LogP contribution in [0, 0.1) is 5.82 Å². The quantitative estimate of drug-likeness (QED) is 0.782. The number of hydrogen-bond acceptors (Lipinski definition) is 3. The van der Waals surface area contributed by atoms with Gasteiger partial charge in [-0.3, -0.25) is 4.79 Å². The first-order valence-corrected chi connectivity index (χ1v) is 5.62. The molecular weight excluding hydrogens is 221 g/mol. The number of nitrogens with zero attached hydrogens (tertiary/aromatic N) is 1. The van der Waals surface area contributed by atoms with Crippen molar-refractivity contribution in [2.75, 3.05) is 17.7 Å². The largest absolute Gasteiger partial charge is 0.398 e.